The molecule has 0 spiro atoms. The highest BCUT2D eigenvalue weighted by atomic mass is 19.1. The zero-order valence-corrected chi connectivity index (χ0v) is 19.5. The molecule has 0 aliphatic carbocycles. The van der Waals surface area contributed by atoms with Crippen LogP contribution in [0, 0.1) is 23.0 Å². The Morgan fingerprint density at radius 2 is 1.56 bits per heavy atom. The van der Waals surface area contributed by atoms with Crippen LogP contribution in [-0.2, 0) is 4.79 Å². The molecule has 2 aromatic rings. The number of hydrogen-bond acceptors (Lipinski definition) is 3. The summed E-state index contributed by atoms with van der Waals surface area (Å²) in [4.78, 5) is 15.4. The monoisotopic (exact) mass is 442 g/mol. The van der Waals surface area contributed by atoms with Crippen LogP contribution in [0.4, 0.5) is 8.78 Å². The van der Waals surface area contributed by atoms with Crippen LogP contribution in [0.5, 0.6) is 0 Å². The molecule has 174 valence electrons. The molecular weight excluding hydrogens is 406 g/mol. The quantitative estimate of drug-likeness (QED) is 0.585. The molecule has 0 aromatic heterocycles. The maximum atomic E-state index is 13.9. The van der Waals surface area contributed by atoms with Gasteiger partial charge in [0.05, 0.1) is 0 Å². The van der Waals surface area contributed by atoms with Gasteiger partial charge in [0, 0.05) is 31.3 Å². The predicted molar refractivity (Wildman–Crippen MR) is 125 cm³/mol. The van der Waals surface area contributed by atoms with Crippen molar-refractivity contribution in [2.75, 3.05) is 19.6 Å². The van der Waals surface area contributed by atoms with Crippen molar-refractivity contribution >= 4 is 5.78 Å². The van der Waals surface area contributed by atoms with Gasteiger partial charge in [-0.3, -0.25) is 4.79 Å². The summed E-state index contributed by atoms with van der Waals surface area (Å²) < 4.78 is 27.7. The standard InChI is InChI=1S/C27H36F2N2O/c1-27(2,3)26(30)18-31-12-10-19(11-13-31)14-24(32)17-25(20-6-4-8-22(28)15-20)21-7-5-9-23(29)16-21/h4-9,15-16,19,25-26H,10-14,17-18,30H2,1-3H3. The number of likely N-dealkylation sites (tertiary alicyclic amines) is 1. The lowest BCUT2D eigenvalue weighted by atomic mass is 9.83. The highest BCUT2D eigenvalue weighted by molar-refractivity contribution is 5.80. The van der Waals surface area contributed by atoms with E-state index in [1.54, 1.807) is 12.1 Å². The van der Waals surface area contributed by atoms with E-state index in [0.717, 1.165) is 32.5 Å². The lowest BCUT2D eigenvalue weighted by Gasteiger charge is -2.37. The number of piperidine rings is 1. The van der Waals surface area contributed by atoms with E-state index < -0.39 is 0 Å². The third-order valence-corrected chi connectivity index (χ3v) is 6.72. The van der Waals surface area contributed by atoms with Crippen LogP contribution in [0.25, 0.3) is 0 Å². The molecule has 0 bridgehead atoms. The van der Waals surface area contributed by atoms with E-state index >= 15 is 0 Å². The molecule has 0 saturated carbocycles. The second-order valence-electron chi connectivity index (χ2n) is 10.3. The van der Waals surface area contributed by atoms with Crippen LogP contribution >= 0.6 is 0 Å². The first-order valence-electron chi connectivity index (χ1n) is 11.6. The zero-order valence-electron chi connectivity index (χ0n) is 19.5. The van der Waals surface area contributed by atoms with Crippen LogP contribution in [-0.4, -0.2) is 36.4 Å². The minimum atomic E-state index is -0.350. The van der Waals surface area contributed by atoms with Crippen molar-refractivity contribution in [3.8, 4) is 0 Å². The van der Waals surface area contributed by atoms with Gasteiger partial charge in [-0.1, -0.05) is 45.0 Å². The van der Waals surface area contributed by atoms with Crippen molar-refractivity contribution in [3.63, 3.8) is 0 Å². The SMILES string of the molecule is CC(C)(C)C(N)CN1CCC(CC(=O)CC(c2cccc(F)c2)c2cccc(F)c2)CC1. The lowest BCUT2D eigenvalue weighted by Crippen LogP contribution is -2.47. The van der Waals surface area contributed by atoms with E-state index in [0.29, 0.717) is 23.5 Å². The first kappa shape index (κ1) is 24.5. The summed E-state index contributed by atoms with van der Waals surface area (Å²) in [7, 11) is 0. The summed E-state index contributed by atoms with van der Waals surface area (Å²) in [5.74, 6) is -0.549. The summed E-state index contributed by atoms with van der Waals surface area (Å²) in [6.45, 7) is 9.29. The van der Waals surface area contributed by atoms with Gasteiger partial charge in [0.1, 0.15) is 17.4 Å². The number of hydrogen-bond donors (Lipinski definition) is 1. The molecule has 2 aromatic carbocycles. The average Bonchev–Trinajstić information content (AvgIpc) is 2.72. The van der Waals surface area contributed by atoms with Crippen LogP contribution in [0.1, 0.15) is 63.5 Å². The van der Waals surface area contributed by atoms with E-state index in [-0.39, 0.29) is 41.2 Å². The molecule has 1 aliphatic rings. The number of ketones is 1. The molecule has 1 aliphatic heterocycles. The molecule has 1 saturated heterocycles. The second kappa shape index (κ2) is 10.7. The van der Waals surface area contributed by atoms with Gasteiger partial charge < -0.3 is 10.6 Å². The van der Waals surface area contributed by atoms with Crippen molar-refractivity contribution in [2.24, 2.45) is 17.1 Å². The number of halogens is 2. The molecule has 3 rings (SSSR count). The summed E-state index contributed by atoms with van der Waals surface area (Å²) in [5, 5.41) is 0. The van der Waals surface area contributed by atoms with E-state index in [2.05, 4.69) is 25.7 Å². The van der Waals surface area contributed by atoms with Crippen molar-refractivity contribution < 1.29 is 13.6 Å². The fraction of sp³-hybridized carbons (Fsp3) is 0.519. The van der Waals surface area contributed by atoms with Crippen molar-refractivity contribution in [1.82, 2.24) is 4.90 Å². The summed E-state index contributed by atoms with van der Waals surface area (Å²) >= 11 is 0. The first-order valence-corrected chi connectivity index (χ1v) is 11.6. The van der Waals surface area contributed by atoms with Gasteiger partial charge >= 0.3 is 0 Å². The van der Waals surface area contributed by atoms with Gasteiger partial charge in [-0.25, -0.2) is 8.78 Å². The Morgan fingerprint density at radius 1 is 1.03 bits per heavy atom. The smallest absolute Gasteiger partial charge is 0.134 e. The molecule has 1 heterocycles. The fourth-order valence-corrected chi connectivity index (χ4v) is 4.43. The van der Waals surface area contributed by atoms with Crippen molar-refractivity contribution in [3.05, 3.63) is 71.3 Å². The zero-order chi connectivity index (χ0) is 23.3. The topological polar surface area (TPSA) is 46.3 Å². The molecule has 32 heavy (non-hydrogen) atoms. The van der Waals surface area contributed by atoms with Crippen molar-refractivity contribution in [2.45, 2.75) is 58.4 Å². The van der Waals surface area contributed by atoms with Gasteiger partial charge in [-0.05, 0) is 72.7 Å². The Balaban J connectivity index is 1.60. The van der Waals surface area contributed by atoms with Gasteiger partial charge in [-0.2, -0.15) is 0 Å². The molecule has 3 nitrogen and oxygen atoms in total. The van der Waals surface area contributed by atoms with Crippen LogP contribution < -0.4 is 5.73 Å². The molecule has 0 radical (unpaired) electrons. The Labute approximate surface area is 191 Å². The summed E-state index contributed by atoms with van der Waals surface area (Å²) in [6, 6.07) is 12.7. The predicted octanol–water partition coefficient (Wildman–Crippen LogP) is 5.53. The molecule has 2 N–H and O–H groups in total. The Bertz CT molecular complexity index is 855. The third kappa shape index (κ3) is 6.94. The van der Waals surface area contributed by atoms with Crippen molar-refractivity contribution in [1.29, 1.82) is 0 Å². The Kier molecular flexibility index (Phi) is 8.18. The molecule has 1 fully saturated rings. The van der Waals surface area contributed by atoms with Gasteiger partial charge in [0.15, 0.2) is 0 Å². The first-order chi connectivity index (χ1) is 15.1. The maximum absolute atomic E-state index is 13.9. The number of rotatable bonds is 8. The second-order valence-corrected chi connectivity index (χ2v) is 10.3. The number of carbonyl (C=O) groups excluding carboxylic acids is 1. The van der Waals surface area contributed by atoms with Gasteiger partial charge in [0.2, 0.25) is 0 Å². The van der Waals surface area contributed by atoms with Crippen LogP contribution in [0.15, 0.2) is 48.5 Å². The Morgan fingerprint density at radius 3 is 2.03 bits per heavy atom. The van der Waals surface area contributed by atoms with E-state index in [4.69, 9.17) is 5.73 Å². The van der Waals surface area contributed by atoms with E-state index in [1.165, 1.54) is 24.3 Å². The maximum Gasteiger partial charge on any atom is 0.134 e. The minimum Gasteiger partial charge on any atom is -0.326 e. The number of nitrogens with two attached hydrogens (primary N) is 1. The fourth-order valence-electron chi connectivity index (χ4n) is 4.43. The number of Topliss-reactive ketones (excluding diaryl/α,β-unsaturated/α-hetero) is 1. The van der Waals surface area contributed by atoms with Crippen LogP contribution in [0.3, 0.4) is 0 Å². The summed E-state index contributed by atoms with van der Waals surface area (Å²) in [5.41, 5.74) is 7.82. The van der Waals surface area contributed by atoms with Gasteiger partial charge in [0.25, 0.3) is 0 Å². The largest absolute Gasteiger partial charge is 0.326 e. The third-order valence-electron chi connectivity index (χ3n) is 6.72. The molecule has 5 heteroatoms. The minimum absolute atomic E-state index is 0.0790. The van der Waals surface area contributed by atoms with E-state index in [9.17, 15) is 13.6 Å². The number of nitrogens with zero attached hydrogens (tertiary/aromatic N) is 1. The highest BCUT2D eigenvalue weighted by Crippen LogP contribution is 2.31. The highest BCUT2D eigenvalue weighted by Gasteiger charge is 2.28. The number of benzene rings is 2. The molecule has 0 amide bonds. The lowest BCUT2D eigenvalue weighted by molar-refractivity contribution is -0.120. The summed E-state index contributed by atoms with van der Waals surface area (Å²) in [6.07, 6.45) is 2.72. The average molecular weight is 443 g/mol. The Hall–Kier alpha value is -2.11. The van der Waals surface area contributed by atoms with Gasteiger partial charge in [-0.15, -0.1) is 0 Å². The molecule has 1 unspecified atom stereocenters. The molecule has 1 atom stereocenters. The van der Waals surface area contributed by atoms with Crippen LogP contribution in [0.2, 0.25) is 0 Å². The number of carbonyl (C=O) groups is 1. The molecular formula is C27H36F2N2O. The normalized spacial score (nSPS) is 17.0. The van der Waals surface area contributed by atoms with E-state index in [1.807, 2.05) is 12.1 Å².